The van der Waals surface area contributed by atoms with Gasteiger partial charge in [0, 0.05) is 56.6 Å². The lowest BCUT2D eigenvalue weighted by atomic mass is 9.96. The molecule has 1 aliphatic rings. The van der Waals surface area contributed by atoms with Crippen molar-refractivity contribution < 1.29 is 0 Å². The minimum atomic E-state index is -0.0402. The van der Waals surface area contributed by atoms with E-state index in [1.165, 1.54) is 0 Å². The first kappa shape index (κ1) is 19.2. The zero-order valence-electron chi connectivity index (χ0n) is 16.4. The summed E-state index contributed by atoms with van der Waals surface area (Å²) in [6.07, 6.45) is 10.3. The fourth-order valence-corrected chi connectivity index (χ4v) is 3.72. The molecule has 0 aromatic carbocycles. The maximum atomic E-state index is 12.5. The molecule has 0 amide bonds. The van der Waals surface area contributed by atoms with Gasteiger partial charge in [0.15, 0.2) is 0 Å². The number of piperidine rings is 1. The van der Waals surface area contributed by atoms with Gasteiger partial charge in [0.25, 0.3) is 11.1 Å². The van der Waals surface area contributed by atoms with Crippen LogP contribution in [0.5, 0.6) is 0 Å². The highest BCUT2D eigenvalue weighted by Gasteiger charge is 2.21. The summed E-state index contributed by atoms with van der Waals surface area (Å²) in [5.74, 6) is 0.420. The summed E-state index contributed by atoms with van der Waals surface area (Å²) in [7, 11) is 1.74. The van der Waals surface area contributed by atoms with Crippen molar-refractivity contribution in [1.82, 2.24) is 29.0 Å². The number of aryl methyl sites for hydroxylation is 1. The molecule has 8 heteroatoms. The third-order valence-electron chi connectivity index (χ3n) is 5.48. The van der Waals surface area contributed by atoms with Gasteiger partial charge in [-0.25, -0.2) is 4.98 Å². The predicted octanol–water partition coefficient (Wildman–Crippen LogP) is 1.31. The summed E-state index contributed by atoms with van der Waals surface area (Å²) >= 11 is 0. The topological polar surface area (TPSA) is 85.9 Å². The van der Waals surface area contributed by atoms with Gasteiger partial charge in [-0.3, -0.25) is 29.0 Å². The van der Waals surface area contributed by atoms with Crippen LogP contribution in [0.2, 0.25) is 0 Å². The number of likely N-dealkylation sites (tertiary alicyclic amines) is 1. The Bertz CT molecular complexity index is 1080. The number of pyridine rings is 1. The first-order chi connectivity index (χ1) is 14.1. The molecule has 0 saturated carbocycles. The van der Waals surface area contributed by atoms with Crippen LogP contribution >= 0.6 is 0 Å². The molecule has 1 fully saturated rings. The Hall–Kier alpha value is -3.13. The van der Waals surface area contributed by atoms with Crippen LogP contribution in [0.15, 0.2) is 58.9 Å². The lowest BCUT2D eigenvalue weighted by Crippen LogP contribution is -2.38. The second-order valence-corrected chi connectivity index (χ2v) is 7.51. The highest BCUT2D eigenvalue weighted by molar-refractivity contribution is 5.57. The Morgan fingerprint density at radius 2 is 1.83 bits per heavy atom. The van der Waals surface area contributed by atoms with Crippen LogP contribution in [0.3, 0.4) is 0 Å². The van der Waals surface area contributed by atoms with Gasteiger partial charge in [-0.15, -0.1) is 0 Å². The van der Waals surface area contributed by atoms with Gasteiger partial charge >= 0.3 is 0 Å². The number of hydrogen-bond donors (Lipinski definition) is 0. The Morgan fingerprint density at radius 3 is 2.55 bits per heavy atom. The normalized spacial score (nSPS) is 15.5. The van der Waals surface area contributed by atoms with Crippen LogP contribution in [0.4, 0.5) is 0 Å². The molecule has 4 heterocycles. The summed E-state index contributed by atoms with van der Waals surface area (Å²) in [4.78, 5) is 39.6. The van der Waals surface area contributed by atoms with Gasteiger partial charge in [0.1, 0.15) is 5.69 Å². The van der Waals surface area contributed by atoms with Gasteiger partial charge in [0.05, 0.1) is 12.0 Å². The molecule has 1 saturated heterocycles. The fourth-order valence-electron chi connectivity index (χ4n) is 3.72. The van der Waals surface area contributed by atoms with E-state index in [2.05, 4.69) is 19.9 Å². The molecule has 150 valence electrons. The molecule has 0 spiro atoms. The van der Waals surface area contributed by atoms with E-state index < -0.39 is 0 Å². The van der Waals surface area contributed by atoms with Crippen molar-refractivity contribution in [2.75, 3.05) is 13.1 Å². The van der Waals surface area contributed by atoms with Crippen molar-refractivity contribution in [3.63, 3.8) is 0 Å². The van der Waals surface area contributed by atoms with Crippen LogP contribution in [0.25, 0.3) is 11.3 Å². The van der Waals surface area contributed by atoms with Crippen LogP contribution in [-0.2, 0) is 20.1 Å². The molecule has 0 unspecified atom stereocenters. The molecule has 0 aliphatic carbocycles. The van der Waals surface area contributed by atoms with Crippen molar-refractivity contribution in [3.05, 3.63) is 75.7 Å². The van der Waals surface area contributed by atoms with Crippen molar-refractivity contribution in [2.45, 2.75) is 25.9 Å². The smallest absolute Gasteiger partial charge is 0.273 e. The number of rotatable bonds is 5. The van der Waals surface area contributed by atoms with Crippen molar-refractivity contribution in [2.24, 2.45) is 13.0 Å². The van der Waals surface area contributed by atoms with E-state index in [-0.39, 0.29) is 11.1 Å². The molecule has 29 heavy (non-hydrogen) atoms. The summed E-state index contributed by atoms with van der Waals surface area (Å²) in [5, 5.41) is 0. The van der Waals surface area contributed by atoms with Gasteiger partial charge < -0.3 is 4.57 Å². The molecular formula is C21H24N6O2. The van der Waals surface area contributed by atoms with Gasteiger partial charge in [-0.05, 0) is 44.0 Å². The third-order valence-corrected chi connectivity index (χ3v) is 5.48. The average Bonchev–Trinajstić information content (AvgIpc) is 2.75. The van der Waals surface area contributed by atoms with Gasteiger partial charge in [0.2, 0.25) is 0 Å². The Labute approximate surface area is 168 Å². The molecular weight excluding hydrogens is 368 g/mol. The summed E-state index contributed by atoms with van der Waals surface area (Å²) < 4.78 is 3.25. The minimum absolute atomic E-state index is 0.0359. The average molecular weight is 392 g/mol. The van der Waals surface area contributed by atoms with Crippen LogP contribution < -0.4 is 11.1 Å². The zero-order valence-corrected chi connectivity index (χ0v) is 16.4. The number of aromatic nitrogens is 5. The van der Waals surface area contributed by atoms with Crippen LogP contribution in [0.1, 0.15) is 18.5 Å². The van der Waals surface area contributed by atoms with E-state index in [1.807, 2.05) is 12.1 Å². The molecule has 0 N–H and O–H groups in total. The molecule has 3 aromatic rings. The fraction of sp³-hybridized carbons (Fsp3) is 0.381. The molecule has 4 rings (SSSR count). The van der Waals surface area contributed by atoms with E-state index >= 15 is 0 Å². The van der Waals surface area contributed by atoms with E-state index in [0.717, 1.165) is 31.5 Å². The Balaban J connectivity index is 1.36. The Morgan fingerprint density at radius 1 is 1.07 bits per heavy atom. The van der Waals surface area contributed by atoms with Gasteiger partial charge in [-0.2, -0.15) is 0 Å². The monoisotopic (exact) mass is 392 g/mol. The second kappa shape index (κ2) is 8.48. The van der Waals surface area contributed by atoms with Crippen LogP contribution in [-0.4, -0.2) is 42.1 Å². The molecule has 0 atom stereocenters. The largest absolute Gasteiger partial charge is 0.315 e. The highest BCUT2D eigenvalue weighted by atomic mass is 16.1. The highest BCUT2D eigenvalue weighted by Crippen LogP contribution is 2.20. The van der Waals surface area contributed by atoms with E-state index in [0.29, 0.717) is 30.4 Å². The molecule has 0 bridgehead atoms. The second-order valence-electron chi connectivity index (χ2n) is 7.51. The Kier molecular flexibility index (Phi) is 5.62. The van der Waals surface area contributed by atoms with Gasteiger partial charge in [-0.1, -0.05) is 0 Å². The van der Waals surface area contributed by atoms with Crippen molar-refractivity contribution >= 4 is 0 Å². The first-order valence-electron chi connectivity index (χ1n) is 9.80. The zero-order chi connectivity index (χ0) is 20.2. The molecule has 0 radical (unpaired) electrons. The lowest BCUT2D eigenvalue weighted by molar-refractivity contribution is 0.164. The lowest BCUT2D eigenvalue weighted by Gasteiger charge is -2.31. The third kappa shape index (κ3) is 4.48. The van der Waals surface area contributed by atoms with E-state index in [1.54, 1.807) is 53.4 Å². The summed E-state index contributed by atoms with van der Waals surface area (Å²) in [6, 6.07) is 5.27. The van der Waals surface area contributed by atoms with Crippen LogP contribution in [0, 0.1) is 5.92 Å². The van der Waals surface area contributed by atoms with Crippen molar-refractivity contribution in [1.29, 1.82) is 0 Å². The molecule has 8 nitrogen and oxygen atoms in total. The first-order valence-corrected chi connectivity index (χ1v) is 9.80. The number of hydrogen-bond acceptors (Lipinski definition) is 6. The quantitative estimate of drug-likeness (QED) is 0.651. The van der Waals surface area contributed by atoms with E-state index in [9.17, 15) is 9.59 Å². The maximum Gasteiger partial charge on any atom is 0.273 e. The summed E-state index contributed by atoms with van der Waals surface area (Å²) in [5.41, 5.74) is 2.06. The maximum absolute atomic E-state index is 12.5. The standard InChI is InChI=1S/C21H24N6O2/c1-25-11-8-23-19(21(25)29)14-26-9-4-16(5-10-26)13-27-15-24-18(12-20(27)28)17-2-6-22-7-3-17/h2-3,6-8,11-12,15-16H,4-5,9-10,13-14H2,1H3. The SMILES string of the molecule is Cn1ccnc(CN2CCC(Cn3cnc(-c4ccncc4)cc3=O)CC2)c1=O. The van der Waals surface area contributed by atoms with E-state index in [4.69, 9.17) is 0 Å². The molecule has 3 aromatic heterocycles. The minimum Gasteiger partial charge on any atom is -0.315 e. The number of nitrogens with zero attached hydrogens (tertiary/aromatic N) is 6. The molecule has 1 aliphatic heterocycles. The summed E-state index contributed by atoms with van der Waals surface area (Å²) in [6.45, 7) is 3.02. The van der Waals surface area contributed by atoms with Crippen molar-refractivity contribution in [3.8, 4) is 11.3 Å². The predicted molar refractivity (Wildman–Crippen MR) is 109 cm³/mol.